The fourth-order valence-electron chi connectivity index (χ4n) is 1.52. The van der Waals surface area contributed by atoms with Crippen LogP contribution in [-0.2, 0) is 4.79 Å². The van der Waals surface area contributed by atoms with Crippen molar-refractivity contribution in [3.05, 3.63) is 49.1 Å². The van der Waals surface area contributed by atoms with E-state index >= 15 is 0 Å². The second-order valence-electron chi connectivity index (χ2n) is 3.26. The Morgan fingerprint density at radius 2 is 1.94 bits per heavy atom. The van der Waals surface area contributed by atoms with Crippen molar-refractivity contribution >= 4 is 16.7 Å². The Morgan fingerprint density at radius 3 is 2.62 bits per heavy atom. The van der Waals surface area contributed by atoms with Gasteiger partial charge in [0.15, 0.2) is 0 Å². The van der Waals surface area contributed by atoms with E-state index in [2.05, 4.69) is 6.58 Å². The summed E-state index contributed by atoms with van der Waals surface area (Å²) in [5.74, 6) is -0.124. The molecule has 1 N–H and O–H groups in total. The second kappa shape index (κ2) is 4.06. The monoisotopic (exact) mass is 214 g/mol. The minimum atomic E-state index is -0.546. The zero-order valence-corrected chi connectivity index (χ0v) is 8.51. The molecule has 0 saturated carbocycles. The van der Waals surface area contributed by atoms with Crippen LogP contribution in [0.3, 0.4) is 0 Å². The highest BCUT2D eigenvalue weighted by Crippen LogP contribution is 2.32. The van der Waals surface area contributed by atoms with Crippen molar-refractivity contribution in [3.8, 4) is 11.5 Å². The van der Waals surface area contributed by atoms with Gasteiger partial charge in [-0.3, -0.25) is 0 Å². The first-order valence-electron chi connectivity index (χ1n) is 4.77. The quantitative estimate of drug-likeness (QED) is 0.475. The van der Waals surface area contributed by atoms with Gasteiger partial charge in [0.1, 0.15) is 11.5 Å². The van der Waals surface area contributed by atoms with Gasteiger partial charge in [-0.1, -0.05) is 30.8 Å². The molecule has 0 amide bonds. The molecule has 0 saturated heterocycles. The van der Waals surface area contributed by atoms with Gasteiger partial charge in [0, 0.05) is 6.08 Å². The van der Waals surface area contributed by atoms with Crippen LogP contribution in [0.25, 0.3) is 10.8 Å². The number of carbonyl (C=O) groups excluding carboxylic acids is 1. The molecular formula is C13H10O3. The Labute approximate surface area is 92.6 Å². The first-order chi connectivity index (χ1) is 7.72. The van der Waals surface area contributed by atoms with Crippen LogP contribution in [0, 0.1) is 0 Å². The van der Waals surface area contributed by atoms with Gasteiger partial charge in [0.25, 0.3) is 0 Å². The summed E-state index contributed by atoms with van der Waals surface area (Å²) in [6.45, 7) is 3.32. The molecule has 3 nitrogen and oxygen atoms in total. The molecule has 2 aromatic rings. The number of aromatic hydroxyl groups is 1. The average molecular weight is 214 g/mol. The molecule has 0 aromatic heterocycles. The summed E-state index contributed by atoms with van der Waals surface area (Å²) in [5, 5.41) is 11.1. The Morgan fingerprint density at radius 1 is 1.25 bits per heavy atom. The fraction of sp³-hybridized carbons (Fsp3) is 0. The van der Waals surface area contributed by atoms with Gasteiger partial charge in [0.2, 0.25) is 0 Å². The maximum absolute atomic E-state index is 11.1. The summed E-state index contributed by atoms with van der Waals surface area (Å²) in [4.78, 5) is 11.1. The molecule has 2 rings (SSSR count). The third kappa shape index (κ3) is 1.75. The number of benzene rings is 2. The highest BCUT2D eigenvalue weighted by molar-refractivity contribution is 5.96. The highest BCUT2D eigenvalue weighted by Gasteiger charge is 2.08. The van der Waals surface area contributed by atoms with Gasteiger partial charge in [-0.25, -0.2) is 4.79 Å². The zero-order chi connectivity index (χ0) is 11.5. The van der Waals surface area contributed by atoms with E-state index in [0.717, 1.165) is 11.5 Å². The van der Waals surface area contributed by atoms with Crippen molar-refractivity contribution in [2.75, 3.05) is 0 Å². The molecule has 0 bridgehead atoms. The van der Waals surface area contributed by atoms with Crippen LogP contribution in [0.15, 0.2) is 49.1 Å². The lowest BCUT2D eigenvalue weighted by Crippen LogP contribution is -2.03. The number of esters is 1. The average Bonchev–Trinajstić information content (AvgIpc) is 2.29. The predicted molar refractivity (Wildman–Crippen MR) is 61.4 cm³/mol. The van der Waals surface area contributed by atoms with Crippen LogP contribution in [-0.4, -0.2) is 11.1 Å². The summed E-state index contributed by atoms with van der Waals surface area (Å²) in [7, 11) is 0. The van der Waals surface area contributed by atoms with Gasteiger partial charge >= 0.3 is 5.97 Å². The molecule has 2 aromatic carbocycles. The van der Waals surface area contributed by atoms with Crippen molar-refractivity contribution in [2.45, 2.75) is 0 Å². The predicted octanol–water partition coefficient (Wildman–Crippen LogP) is 2.64. The summed E-state index contributed by atoms with van der Waals surface area (Å²) in [6.07, 6.45) is 1.08. The molecule has 0 heterocycles. The lowest BCUT2D eigenvalue weighted by molar-refractivity contribution is -0.128. The van der Waals surface area contributed by atoms with Gasteiger partial charge in [-0.2, -0.15) is 0 Å². The molecule has 0 aliphatic heterocycles. The number of fused-ring (bicyclic) bond motifs is 1. The Kier molecular flexibility index (Phi) is 2.60. The number of phenolic OH excluding ortho intramolecular Hbond substituents is 1. The van der Waals surface area contributed by atoms with Gasteiger partial charge in [0.05, 0.1) is 5.39 Å². The number of phenols is 1. The van der Waals surface area contributed by atoms with E-state index in [9.17, 15) is 9.90 Å². The maximum Gasteiger partial charge on any atom is 0.335 e. The van der Waals surface area contributed by atoms with Crippen molar-refractivity contribution in [2.24, 2.45) is 0 Å². The molecule has 3 heteroatoms. The van der Waals surface area contributed by atoms with Gasteiger partial charge < -0.3 is 9.84 Å². The topological polar surface area (TPSA) is 46.5 Å². The molecule has 0 unspecified atom stereocenters. The maximum atomic E-state index is 11.1. The van der Waals surface area contributed by atoms with Crippen LogP contribution in [0.2, 0.25) is 0 Å². The van der Waals surface area contributed by atoms with E-state index in [-0.39, 0.29) is 5.75 Å². The molecule has 0 aliphatic rings. The van der Waals surface area contributed by atoms with E-state index in [1.807, 2.05) is 12.1 Å². The third-order valence-electron chi connectivity index (χ3n) is 2.22. The molecule has 0 aliphatic carbocycles. The normalized spacial score (nSPS) is 10.0. The number of hydrogen-bond donors (Lipinski definition) is 1. The molecule has 0 radical (unpaired) electrons. The Balaban J connectivity index is 2.60. The molecular weight excluding hydrogens is 204 g/mol. The number of carbonyl (C=O) groups is 1. The molecule has 0 spiro atoms. The second-order valence-corrected chi connectivity index (χ2v) is 3.26. The van der Waals surface area contributed by atoms with Crippen molar-refractivity contribution in [3.63, 3.8) is 0 Å². The smallest absolute Gasteiger partial charge is 0.335 e. The summed E-state index contributed by atoms with van der Waals surface area (Å²) in [6, 6.07) is 10.3. The van der Waals surface area contributed by atoms with Crippen LogP contribution in [0.1, 0.15) is 0 Å². The van der Waals surface area contributed by atoms with Gasteiger partial charge in [-0.15, -0.1) is 0 Å². The van der Waals surface area contributed by atoms with Gasteiger partial charge in [-0.05, 0) is 17.5 Å². The van der Waals surface area contributed by atoms with E-state index < -0.39 is 5.97 Å². The van der Waals surface area contributed by atoms with E-state index in [0.29, 0.717) is 11.1 Å². The van der Waals surface area contributed by atoms with Crippen molar-refractivity contribution in [1.29, 1.82) is 0 Å². The Bertz CT molecular complexity index is 553. The van der Waals surface area contributed by atoms with E-state index in [4.69, 9.17) is 4.74 Å². The van der Waals surface area contributed by atoms with E-state index in [1.54, 1.807) is 24.3 Å². The number of hydrogen-bond acceptors (Lipinski definition) is 3. The Hall–Kier alpha value is -2.29. The molecule has 0 fully saturated rings. The molecule has 16 heavy (non-hydrogen) atoms. The van der Waals surface area contributed by atoms with Crippen LogP contribution < -0.4 is 4.74 Å². The minimum absolute atomic E-state index is 0.0879. The van der Waals surface area contributed by atoms with E-state index in [1.165, 1.54) is 0 Å². The van der Waals surface area contributed by atoms with Crippen LogP contribution in [0.5, 0.6) is 11.5 Å². The fourth-order valence-corrected chi connectivity index (χ4v) is 1.52. The molecule has 0 atom stereocenters. The highest BCUT2D eigenvalue weighted by atomic mass is 16.5. The number of rotatable bonds is 2. The van der Waals surface area contributed by atoms with Crippen LogP contribution in [0.4, 0.5) is 0 Å². The first-order valence-corrected chi connectivity index (χ1v) is 4.77. The first kappa shape index (κ1) is 10.2. The van der Waals surface area contributed by atoms with Crippen molar-refractivity contribution < 1.29 is 14.6 Å². The lowest BCUT2D eigenvalue weighted by atomic mass is 10.1. The van der Waals surface area contributed by atoms with Crippen LogP contribution >= 0.6 is 0 Å². The summed E-state index contributed by atoms with van der Waals surface area (Å²) < 4.78 is 5.04. The molecule has 80 valence electrons. The SMILES string of the molecule is C=CC(=O)Oc1cccc2cccc(O)c12. The summed E-state index contributed by atoms with van der Waals surface area (Å²) in [5.41, 5.74) is 0. The minimum Gasteiger partial charge on any atom is -0.507 e. The largest absolute Gasteiger partial charge is 0.507 e. The standard InChI is InChI=1S/C13H10O3/c1-2-12(15)16-11-8-4-6-9-5-3-7-10(14)13(9)11/h2-8,14H,1H2. The zero-order valence-electron chi connectivity index (χ0n) is 8.51. The summed E-state index contributed by atoms with van der Waals surface area (Å²) >= 11 is 0. The van der Waals surface area contributed by atoms with Crippen molar-refractivity contribution in [1.82, 2.24) is 0 Å². The lowest BCUT2D eigenvalue weighted by Gasteiger charge is -2.07. The number of ether oxygens (including phenoxy) is 1. The third-order valence-corrected chi connectivity index (χ3v) is 2.22.